The standard InChI is InChI=1S/C24H31N3O6S/c1-16-14-27(15-17(2)33-16)24(29)20-7-5-19(6-8-20)13-25-23(28)18(3)26-34(30,31)22-11-9-21(32-4)10-12-22/h5-12,16-18,26H,13-15H2,1-4H3,(H,25,28)/t16?,17?,18-/m0/s1. The summed E-state index contributed by atoms with van der Waals surface area (Å²) in [5.74, 6) is 0.0131. The fourth-order valence-electron chi connectivity index (χ4n) is 3.74. The van der Waals surface area contributed by atoms with E-state index in [0.717, 1.165) is 5.56 Å². The van der Waals surface area contributed by atoms with Crippen LogP contribution in [0.2, 0.25) is 0 Å². The van der Waals surface area contributed by atoms with E-state index in [2.05, 4.69) is 10.0 Å². The van der Waals surface area contributed by atoms with E-state index in [1.807, 2.05) is 13.8 Å². The highest BCUT2D eigenvalue weighted by Crippen LogP contribution is 2.16. The molecule has 0 spiro atoms. The van der Waals surface area contributed by atoms with Gasteiger partial charge in [-0.3, -0.25) is 9.59 Å². The first-order valence-electron chi connectivity index (χ1n) is 11.1. The molecule has 34 heavy (non-hydrogen) atoms. The smallest absolute Gasteiger partial charge is 0.254 e. The zero-order chi connectivity index (χ0) is 24.9. The first kappa shape index (κ1) is 25.7. The molecule has 0 saturated carbocycles. The van der Waals surface area contributed by atoms with Crippen molar-refractivity contribution in [3.63, 3.8) is 0 Å². The van der Waals surface area contributed by atoms with Crippen molar-refractivity contribution in [1.82, 2.24) is 14.9 Å². The molecule has 1 fully saturated rings. The van der Waals surface area contributed by atoms with E-state index >= 15 is 0 Å². The molecular weight excluding hydrogens is 458 g/mol. The highest BCUT2D eigenvalue weighted by atomic mass is 32.2. The molecule has 2 N–H and O–H groups in total. The Bertz CT molecular complexity index is 1090. The minimum absolute atomic E-state index is 0.00804. The normalized spacial score (nSPS) is 19.4. The lowest BCUT2D eigenvalue weighted by molar-refractivity contribution is -0.122. The number of methoxy groups -OCH3 is 1. The Morgan fingerprint density at radius 2 is 1.65 bits per heavy atom. The second-order valence-corrected chi connectivity index (χ2v) is 10.1. The Morgan fingerprint density at radius 1 is 1.06 bits per heavy atom. The van der Waals surface area contributed by atoms with Crippen LogP contribution < -0.4 is 14.8 Å². The molecule has 3 rings (SSSR count). The van der Waals surface area contributed by atoms with Crippen LogP contribution in [0.5, 0.6) is 5.75 Å². The summed E-state index contributed by atoms with van der Waals surface area (Å²) in [4.78, 5) is 27.0. The molecular formula is C24H31N3O6S. The molecule has 9 nitrogen and oxygen atoms in total. The lowest BCUT2D eigenvalue weighted by Gasteiger charge is -2.35. The molecule has 2 unspecified atom stereocenters. The van der Waals surface area contributed by atoms with Crippen LogP contribution in [0.4, 0.5) is 0 Å². The fourth-order valence-corrected chi connectivity index (χ4v) is 4.95. The fraction of sp³-hybridized carbons (Fsp3) is 0.417. The topological polar surface area (TPSA) is 114 Å². The van der Waals surface area contributed by atoms with E-state index in [1.165, 1.54) is 38.3 Å². The predicted molar refractivity (Wildman–Crippen MR) is 127 cm³/mol. The number of rotatable bonds is 8. The van der Waals surface area contributed by atoms with E-state index in [0.29, 0.717) is 24.4 Å². The number of nitrogens with zero attached hydrogens (tertiary/aromatic N) is 1. The molecule has 1 aliphatic rings. The largest absolute Gasteiger partial charge is 0.497 e. The van der Waals surface area contributed by atoms with E-state index in [1.54, 1.807) is 29.2 Å². The van der Waals surface area contributed by atoms with Crippen LogP contribution in [0.3, 0.4) is 0 Å². The van der Waals surface area contributed by atoms with Gasteiger partial charge in [0.25, 0.3) is 5.91 Å². The van der Waals surface area contributed by atoms with E-state index in [9.17, 15) is 18.0 Å². The summed E-state index contributed by atoms with van der Waals surface area (Å²) in [6.45, 7) is 6.66. The maximum atomic E-state index is 12.8. The molecule has 2 aromatic rings. The van der Waals surface area contributed by atoms with Gasteiger partial charge in [-0.05, 0) is 62.7 Å². The number of sulfonamides is 1. The third kappa shape index (κ3) is 6.55. The molecule has 2 amide bonds. The first-order chi connectivity index (χ1) is 16.1. The lowest BCUT2D eigenvalue weighted by Crippen LogP contribution is -2.48. The van der Waals surface area contributed by atoms with Gasteiger partial charge in [-0.1, -0.05) is 12.1 Å². The average molecular weight is 490 g/mol. The maximum absolute atomic E-state index is 12.8. The third-order valence-electron chi connectivity index (χ3n) is 5.47. The van der Waals surface area contributed by atoms with Crippen LogP contribution in [0.1, 0.15) is 36.7 Å². The molecule has 0 aromatic heterocycles. The number of amides is 2. The molecule has 1 heterocycles. The SMILES string of the molecule is COc1ccc(S(=O)(=O)N[C@@H](C)C(=O)NCc2ccc(C(=O)N3CC(C)OC(C)C3)cc2)cc1. The number of ether oxygens (including phenoxy) is 2. The summed E-state index contributed by atoms with van der Waals surface area (Å²) in [5.41, 5.74) is 1.36. The summed E-state index contributed by atoms with van der Waals surface area (Å²) < 4.78 is 38.1. The van der Waals surface area contributed by atoms with Gasteiger partial charge in [0.05, 0.1) is 30.3 Å². The third-order valence-corrected chi connectivity index (χ3v) is 7.03. The van der Waals surface area contributed by atoms with Crippen LogP contribution in [0, 0.1) is 0 Å². The van der Waals surface area contributed by atoms with Gasteiger partial charge in [0.1, 0.15) is 5.75 Å². The Hall–Kier alpha value is -2.95. The van der Waals surface area contributed by atoms with Crippen LogP contribution in [0.25, 0.3) is 0 Å². The van der Waals surface area contributed by atoms with Crippen molar-refractivity contribution in [3.8, 4) is 5.75 Å². The summed E-state index contributed by atoms with van der Waals surface area (Å²) >= 11 is 0. The van der Waals surface area contributed by atoms with E-state index in [4.69, 9.17) is 9.47 Å². The molecule has 1 aliphatic heterocycles. The minimum atomic E-state index is -3.86. The molecule has 3 atom stereocenters. The Labute approximate surface area is 200 Å². The van der Waals surface area contributed by atoms with Crippen LogP contribution in [-0.4, -0.2) is 63.6 Å². The number of hydrogen-bond acceptors (Lipinski definition) is 6. The number of carbonyl (C=O) groups is 2. The first-order valence-corrected chi connectivity index (χ1v) is 12.5. The molecule has 184 valence electrons. The van der Waals surface area contributed by atoms with Crippen LogP contribution >= 0.6 is 0 Å². The highest BCUT2D eigenvalue weighted by molar-refractivity contribution is 7.89. The second-order valence-electron chi connectivity index (χ2n) is 8.40. The van der Waals surface area contributed by atoms with Crippen molar-refractivity contribution in [2.45, 2.75) is 50.5 Å². The molecule has 1 saturated heterocycles. The quantitative estimate of drug-likeness (QED) is 0.586. The predicted octanol–water partition coefficient (Wildman–Crippen LogP) is 1.93. The number of carbonyl (C=O) groups excluding carboxylic acids is 2. The number of benzene rings is 2. The summed E-state index contributed by atoms with van der Waals surface area (Å²) in [7, 11) is -2.37. The van der Waals surface area contributed by atoms with Gasteiger partial charge < -0.3 is 19.7 Å². The molecule has 0 aliphatic carbocycles. The van der Waals surface area contributed by atoms with Gasteiger partial charge in [0.15, 0.2) is 0 Å². The van der Waals surface area contributed by atoms with Crippen molar-refractivity contribution in [3.05, 3.63) is 59.7 Å². The summed E-state index contributed by atoms with van der Waals surface area (Å²) in [6, 6.07) is 11.9. The van der Waals surface area contributed by atoms with Crippen LogP contribution in [0.15, 0.2) is 53.4 Å². The molecule has 2 aromatic carbocycles. The zero-order valence-corrected chi connectivity index (χ0v) is 20.6. The van der Waals surface area contributed by atoms with Gasteiger partial charge in [-0.15, -0.1) is 0 Å². The van der Waals surface area contributed by atoms with Crippen molar-refractivity contribution < 1.29 is 27.5 Å². The summed E-state index contributed by atoms with van der Waals surface area (Å²) in [5, 5.41) is 2.72. The highest BCUT2D eigenvalue weighted by Gasteiger charge is 2.26. The van der Waals surface area contributed by atoms with E-state index in [-0.39, 0.29) is 29.6 Å². The van der Waals surface area contributed by atoms with Crippen molar-refractivity contribution in [2.75, 3.05) is 20.2 Å². The van der Waals surface area contributed by atoms with Crippen molar-refractivity contribution >= 4 is 21.8 Å². The molecule has 0 radical (unpaired) electrons. The van der Waals surface area contributed by atoms with Gasteiger partial charge in [0.2, 0.25) is 15.9 Å². The number of morpholine rings is 1. The van der Waals surface area contributed by atoms with Gasteiger partial charge in [0, 0.05) is 25.2 Å². The van der Waals surface area contributed by atoms with Crippen molar-refractivity contribution in [1.29, 1.82) is 0 Å². The monoisotopic (exact) mass is 489 g/mol. The maximum Gasteiger partial charge on any atom is 0.254 e. The molecule has 0 bridgehead atoms. The Balaban J connectivity index is 1.53. The van der Waals surface area contributed by atoms with Crippen LogP contribution in [-0.2, 0) is 26.1 Å². The minimum Gasteiger partial charge on any atom is -0.497 e. The van der Waals surface area contributed by atoms with Gasteiger partial charge >= 0.3 is 0 Å². The summed E-state index contributed by atoms with van der Waals surface area (Å²) in [6.07, 6.45) is -0.0161. The Kier molecular flexibility index (Phi) is 8.29. The number of nitrogens with one attached hydrogen (secondary N) is 2. The average Bonchev–Trinajstić information content (AvgIpc) is 2.81. The lowest BCUT2D eigenvalue weighted by atomic mass is 10.1. The van der Waals surface area contributed by atoms with Gasteiger partial charge in [-0.25, -0.2) is 8.42 Å². The van der Waals surface area contributed by atoms with E-state index < -0.39 is 22.0 Å². The Morgan fingerprint density at radius 3 is 2.21 bits per heavy atom. The molecule has 10 heteroatoms. The van der Waals surface area contributed by atoms with Crippen molar-refractivity contribution in [2.24, 2.45) is 0 Å². The van der Waals surface area contributed by atoms with Gasteiger partial charge in [-0.2, -0.15) is 4.72 Å². The number of hydrogen-bond donors (Lipinski definition) is 2. The second kappa shape index (κ2) is 11.0. The zero-order valence-electron chi connectivity index (χ0n) is 19.8.